The van der Waals surface area contributed by atoms with Crippen LogP contribution in [-0.4, -0.2) is 40.2 Å². The Morgan fingerprint density at radius 1 is 1.00 bits per heavy atom. The van der Waals surface area contributed by atoms with Gasteiger partial charge in [-0.05, 0) is 49.1 Å². The average molecular weight is 505 g/mol. The summed E-state index contributed by atoms with van der Waals surface area (Å²) >= 11 is 18.1. The number of anilines is 2. The Labute approximate surface area is 198 Å². The van der Waals surface area contributed by atoms with E-state index in [9.17, 15) is 13.2 Å². The van der Waals surface area contributed by atoms with E-state index in [2.05, 4.69) is 10.2 Å². The Hall–Kier alpha value is -1.67. The molecule has 0 spiro atoms. The number of hydrogen-bond acceptors (Lipinski definition) is 4. The van der Waals surface area contributed by atoms with Crippen molar-refractivity contribution in [2.45, 2.75) is 25.8 Å². The highest BCUT2D eigenvalue weighted by molar-refractivity contribution is 7.92. The van der Waals surface area contributed by atoms with Gasteiger partial charge in [-0.3, -0.25) is 9.10 Å². The first-order valence-electron chi connectivity index (χ1n) is 9.88. The monoisotopic (exact) mass is 503 g/mol. The molecule has 3 rings (SSSR count). The summed E-state index contributed by atoms with van der Waals surface area (Å²) in [6.45, 7) is 1.98. The summed E-state index contributed by atoms with van der Waals surface area (Å²) in [7, 11) is -3.79. The van der Waals surface area contributed by atoms with Crippen molar-refractivity contribution in [1.29, 1.82) is 0 Å². The van der Waals surface area contributed by atoms with E-state index in [-0.39, 0.29) is 27.3 Å². The van der Waals surface area contributed by atoms with Gasteiger partial charge >= 0.3 is 0 Å². The average Bonchev–Trinajstić information content (AvgIpc) is 2.73. The van der Waals surface area contributed by atoms with Gasteiger partial charge < -0.3 is 10.2 Å². The highest BCUT2D eigenvalue weighted by atomic mass is 35.5. The van der Waals surface area contributed by atoms with Crippen LogP contribution in [0.1, 0.15) is 24.8 Å². The highest BCUT2D eigenvalue weighted by Crippen LogP contribution is 2.35. The number of amides is 1. The van der Waals surface area contributed by atoms with Crippen molar-refractivity contribution in [3.63, 3.8) is 0 Å². The maximum Gasteiger partial charge on any atom is 0.241 e. The molecule has 1 aliphatic heterocycles. The number of carbonyl (C=O) groups is 1. The van der Waals surface area contributed by atoms with Crippen molar-refractivity contribution < 1.29 is 13.2 Å². The van der Waals surface area contributed by atoms with Crippen molar-refractivity contribution in [1.82, 2.24) is 5.32 Å². The summed E-state index contributed by atoms with van der Waals surface area (Å²) < 4.78 is 25.5. The first kappa shape index (κ1) is 24.0. The zero-order valence-corrected chi connectivity index (χ0v) is 20.2. The van der Waals surface area contributed by atoms with Gasteiger partial charge in [-0.1, -0.05) is 46.9 Å². The fourth-order valence-corrected chi connectivity index (χ4v) is 5.00. The van der Waals surface area contributed by atoms with Gasteiger partial charge in [-0.2, -0.15) is 0 Å². The number of carbonyl (C=O) groups excluding carboxylic acids is 1. The van der Waals surface area contributed by atoms with Gasteiger partial charge in [0.2, 0.25) is 15.9 Å². The molecule has 0 saturated carbocycles. The zero-order valence-electron chi connectivity index (χ0n) is 17.1. The fraction of sp³-hybridized carbons (Fsp3) is 0.381. The van der Waals surface area contributed by atoms with Crippen LogP contribution in [0.2, 0.25) is 15.1 Å². The molecular formula is C21H24Cl3N3O3S. The summed E-state index contributed by atoms with van der Waals surface area (Å²) in [6, 6.07) is 10.7. The predicted molar refractivity (Wildman–Crippen MR) is 128 cm³/mol. The molecule has 1 amide bonds. The lowest BCUT2D eigenvalue weighted by molar-refractivity contribution is -0.119. The van der Waals surface area contributed by atoms with Crippen molar-refractivity contribution in [2.24, 2.45) is 0 Å². The quantitative estimate of drug-likeness (QED) is 0.554. The number of nitrogens with one attached hydrogen (secondary N) is 1. The Balaban J connectivity index is 1.64. The lowest BCUT2D eigenvalue weighted by Crippen LogP contribution is -2.40. The smallest absolute Gasteiger partial charge is 0.241 e. The molecule has 10 heteroatoms. The molecule has 6 nitrogen and oxygen atoms in total. The third-order valence-corrected chi connectivity index (χ3v) is 7.24. The SMILES string of the molecule is CS(=O)(=O)N(CC(=O)NCc1ccc(N2CCCCC2)cc1)c1cc(Cl)c(Cl)cc1Cl. The highest BCUT2D eigenvalue weighted by Gasteiger charge is 2.24. The summed E-state index contributed by atoms with van der Waals surface area (Å²) in [5, 5.41) is 3.18. The van der Waals surface area contributed by atoms with E-state index in [1.54, 1.807) is 0 Å². The number of hydrogen-bond donors (Lipinski definition) is 1. The second kappa shape index (κ2) is 10.3. The third-order valence-electron chi connectivity index (χ3n) is 5.09. The molecule has 0 bridgehead atoms. The van der Waals surface area contributed by atoms with Crippen LogP contribution < -0.4 is 14.5 Å². The normalized spacial score (nSPS) is 14.4. The van der Waals surface area contributed by atoms with Crippen LogP contribution in [0.15, 0.2) is 36.4 Å². The van der Waals surface area contributed by atoms with Crippen LogP contribution >= 0.6 is 34.8 Å². The van der Waals surface area contributed by atoms with E-state index in [4.69, 9.17) is 34.8 Å². The third kappa shape index (κ3) is 6.42. The Bertz CT molecular complexity index is 1040. The fourth-order valence-electron chi connectivity index (χ4n) is 3.45. The van der Waals surface area contributed by atoms with Gasteiger partial charge in [0, 0.05) is 25.3 Å². The van der Waals surface area contributed by atoms with Crippen LogP contribution in [0, 0.1) is 0 Å². The summed E-state index contributed by atoms with van der Waals surface area (Å²) in [4.78, 5) is 14.9. The molecule has 2 aromatic rings. The van der Waals surface area contributed by atoms with Gasteiger partial charge in [0.15, 0.2) is 0 Å². The first-order valence-corrected chi connectivity index (χ1v) is 12.9. The number of piperidine rings is 1. The minimum atomic E-state index is -3.79. The molecule has 1 aliphatic rings. The van der Waals surface area contributed by atoms with E-state index in [1.165, 1.54) is 37.1 Å². The van der Waals surface area contributed by atoms with E-state index in [0.29, 0.717) is 0 Å². The second-order valence-corrected chi connectivity index (χ2v) is 10.6. The van der Waals surface area contributed by atoms with Crippen LogP contribution in [0.4, 0.5) is 11.4 Å². The Morgan fingerprint density at radius 2 is 1.61 bits per heavy atom. The zero-order chi connectivity index (χ0) is 22.6. The molecule has 168 valence electrons. The second-order valence-electron chi connectivity index (χ2n) is 7.48. The van der Waals surface area contributed by atoms with Gasteiger partial charge in [0.1, 0.15) is 6.54 Å². The van der Waals surface area contributed by atoms with Gasteiger partial charge in [-0.15, -0.1) is 0 Å². The van der Waals surface area contributed by atoms with Crippen LogP contribution in [0.25, 0.3) is 0 Å². The van der Waals surface area contributed by atoms with Gasteiger partial charge in [0.05, 0.1) is 27.0 Å². The predicted octanol–water partition coefficient (Wildman–Crippen LogP) is 4.72. The number of benzene rings is 2. The maximum absolute atomic E-state index is 12.5. The lowest BCUT2D eigenvalue weighted by atomic mass is 10.1. The van der Waals surface area contributed by atoms with E-state index >= 15 is 0 Å². The van der Waals surface area contributed by atoms with Crippen molar-refractivity contribution in [3.05, 3.63) is 57.0 Å². The van der Waals surface area contributed by atoms with Gasteiger partial charge in [-0.25, -0.2) is 8.42 Å². The molecule has 0 radical (unpaired) electrons. The first-order chi connectivity index (χ1) is 14.6. The number of rotatable bonds is 7. The minimum absolute atomic E-state index is 0.0842. The molecule has 31 heavy (non-hydrogen) atoms. The molecular weight excluding hydrogens is 481 g/mol. The van der Waals surface area contributed by atoms with Crippen LogP contribution in [0.5, 0.6) is 0 Å². The molecule has 2 aromatic carbocycles. The van der Waals surface area contributed by atoms with Crippen LogP contribution in [0.3, 0.4) is 0 Å². The van der Waals surface area contributed by atoms with Crippen LogP contribution in [-0.2, 0) is 21.4 Å². The Morgan fingerprint density at radius 3 is 2.23 bits per heavy atom. The van der Waals surface area contributed by atoms with E-state index < -0.39 is 22.5 Å². The molecule has 0 aliphatic carbocycles. The number of sulfonamides is 1. The standard InChI is InChI=1S/C21H24Cl3N3O3S/c1-31(29,30)27(20-12-18(23)17(22)11-19(20)24)14-21(28)25-13-15-5-7-16(8-6-15)26-9-3-2-4-10-26/h5-8,11-12H,2-4,9-10,13-14H2,1H3,(H,25,28). The van der Waals surface area contributed by atoms with E-state index in [0.717, 1.165) is 29.2 Å². The molecule has 0 unspecified atom stereocenters. The van der Waals surface area contributed by atoms with E-state index in [1.807, 2.05) is 24.3 Å². The molecule has 1 N–H and O–H groups in total. The van der Waals surface area contributed by atoms with Gasteiger partial charge in [0.25, 0.3) is 0 Å². The summed E-state index contributed by atoms with van der Waals surface area (Å²) in [6.07, 6.45) is 4.69. The molecule has 1 saturated heterocycles. The lowest BCUT2D eigenvalue weighted by Gasteiger charge is -2.28. The maximum atomic E-state index is 12.5. The van der Waals surface area contributed by atoms with Crippen molar-refractivity contribution in [2.75, 3.05) is 35.1 Å². The van der Waals surface area contributed by atoms with Crippen molar-refractivity contribution in [3.8, 4) is 0 Å². The molecule has 0 aromatic heterocycles. The number of halogens is 3. The minimum Gasteiger partial charge on any atom is -0.372 e. The number of nitrogens with zero attached hydrogens (tertiary/aromatic N) is 2. The summed E-state index contributed by atoms with van der Waals surface area (Å²) in [5.41, 5.74) is 2.19. The largest absolute Gasteiger partial charge is 0.372 e. The summed E-state index contributed by atoms with van der Waals surface area (Å²) in [5.74, 6) is -0.465. The molecule has 0 atom stereocenters. The Kier molecular flexibility index (Phi) is 7.97. The van der Waals surface area contributed by atoms with Crippen molar-refractivity contribution >= 4 is 62.1 Å². The molecule has 1 heterocycles. The molecule has 1 fully saturated rings. The topological polar surface area (TPSA) is 69.7 Å².